The highest BCUT2D eigenvalue weighted by Gasteiger charge is 2.14. The van der Waals surface area contributed by atoms with Crippen molar-refractivity contribution in [2.45, 2.75) is 59.5 Å². The number of hydrogen-bond donors (Lipinski definition) is 2. The van der Waals surface area contributed by atoms with E-state index in [-0.39, 0.29) is 0 Å². The van der Waals surface area contributed by atoms with E-state index in [0.29, 0.717) is 17.7 Å². The molecule has 0 aliphatic rings. The number of likely N-dealkylation sites (N-methyl/N-ethyl adjacent to an activating group) is 1. The second-order valence-corrected chi connectivity index (χ2v) is 7.01. The molecule has 0 atom stereocenters. The molecule has 26 heavy (non-hydrogen) atoms. The summed E-state index contributed by atoms with van der Waals surface area (Å²) in [6.45, 7) is 13.6. The van der Waals surface area contributed by atoms with Crippen LogP contribution in [-0.4, -0.2) is 46.5 Å². The molecule has 0 aromatic carbocycles. The van der Waals surface area contributed by atoms with E-state index in [1.54, 1.807) is 0 Å². The number of halogens is 1. The zero-order valence-corrected chi connectivity index (χ0v) is 17.4. The van der Waals surface area contributed by atoms with E-state index in [4.69, 9.17) is 11.6 Å². The smallest absolute Gasteiger partial charge is 0.139 e. The first kappa shape index (κ1) is 21.0. The number of fused-ring (bicyclic) bond motifs is 1. The van der Waals surface area contributed by atoms with Crippen molar-refractivity contribution in [3.63, 3.8) is 0 Å². The lowest BCUT2D eigenvalue weighted by molar-refractivity contribution is 0.203. The van der Waals surface area contributed by atoms with Crippen LogP contribution in [0.3, 0.4) is 0 Å². The molecule has 2 rings (SSSR count). The van der Waals surface area contributed by atoms with Crippen LogP contribution in [0.5, 0.6) is 0 Å². The largest absolute Gasteiger partial charge is 0.370 e. The van der Waals surface area contributed by atoms with Crippen molar-refractivity contribution in [1.29, 1.82) is 0 Å². The highest BCUT2D eigenvalue weighted by Crippen LogP contribution is 2.23. The van der Waals surface area contributed by atoms with Gasteiger partial charge in [-0.3, -0.25) is 9.30 Å². The van der Waals surface area contributed by atoms with Crippen LogP contribution in [0.15, 0.2) is 18.2 Å². The fourth-order valence-electron chi connectivity index (χ4n) is 3.47. The molecule has 0 spiro atoms. The lowest BCUT2D eigenvalue weighted by Crippen LogP contribution is -2.37. The van der Waals surface area contributed by atoms with Gasteiger partial charge in [-0.1, -0.05) is 45.4 Å². The fourth-order valence-corrected chi connectivity index (χ4v) is 3.76. The SMILES string of the molecule is CCCNCc1nc2cccc(NCCN(CC)C(CC)CC)n2c1Cl. The maximum atomic E-state index is 6.62. The van der Waals surface area contributed by atoms with Crippen LogP contribution in [-0.2, 0) is 6.54 Å². The first-order chi connectivity index (χ1) is 12.7. The molecule has 0 bridgehead atoms. The maximum Gasteiger partial charge on any atom is 0.139 e. The van der Waals surface area contributed by atoms with Gasteiger partial charge in [-0.2, -0.15) is 0 Å². The Morgan fingerprint density at radius 2 is 1.92 bits per heavy atom. The average molecular weight is 380 g/mol. The monoisotopic (exact) mass is 379 g/mol. The summed E-state index contributed by atoms with van der Waals surface area (Å²) in [4.78, 5) is 7.22. The van der Waals surface area contributed by atoms with Crippen molar-refractivity contribution in [1.82, 2.24) is 19.6 Å². The molecule has 0 saturated heterocycles. The van der Waals surface area contributed by atoms with Crippen LogP contribution in [0.25, 0.3) is 5.65 Å². The van der Waals surface area contributed by atoms with Gasteiger partial charge in [0.2, 0.25) is 0 Å². The Hall–Kier alpha value is -1.30. The minimum atomic E-state index is 0.658. The van der Waals surface area contributed by atoms with Gasteiger partial charge in [0, 0.05) is 25.7 Å². The van der Waals surface area contributed by atoms with Crippen molar-refractivity contribution in [3.8, 4) is 0 Å². The summed E-state index contributed by atoms with van der Waals surface area (Å²) >= 11 is 6.62. The van der Waals surface area contributed by atoms with Gasteiger partial charge >= 0.3 is 0 Å². The minimum absolute atomic E-state index is 0.658. The molecule has 2 heterocycles. The number of pyridine rings is 1. The lowest BCUT2D eigenvalue weighted by atomic mass is 10.1. The van der Waals surface area contributed by atoms with Gasteiger partial charge in [0.25, 0.3) is 0 Å². The molecule has 0 amide bonds. The summed E-state index contributed by atoms with van der Waals surface area (Å²) in [5.74, 6) is 1.00. The van der Waals surface area contributed by atoms with Gasteiger partial charge in [0.05, 0.1) is 5.69 Å². The average Bonchev–Trinajstić information content (AvgIpc) is 2.98. The van der Waals surface area contributed by atoms with Crippen molar-refractivity contribution in [3.05, 3.63) is 29.0 Å². The summed E-state index contributed by atoms with van der Waals surface area (Å²) in [5.41, 5.74) is 1.79. The van der Waals surface area contributed by atoms with E-state index in [2.05, 4.69) is 54.3 Å². The Morgan fingerprint density at radius 1 is 1.15 bits per heavy atom. The molecule has 0 aliphatic carbocycles. The highest BCUT2D eigenvalue weighted by molar-refractivity contribution is 6.30. The third-order valence-electron chi connectivity index (χ3n) is 4.94. The quantitative estimate of drug-likeness (QED) is 0.536. The summed E-state index contributed by atoms with van der Waals surface area (Å²) in [6.07, 6.45) is 3.49. The van der Waals surface area contributed by atoms with Gasteiger partial charge in [-0.25, -0.2) is 4.98 Å². The Morgan fingerprint density at radius 3 is 2.58 bits per heavy atom. The van der Waals surface area contributed by atoms with Crippen molar-refractivity contribution in [2.24, 2.45) is 0 Å². The van der Waals surface area contributed by atoms with Crippen LogP contribution in [0.1, 0.15) is 52.7 Å². The minimum Gasteiger partial charge on any atom is -0.370 e. The second kappa shape index (κ2) is 10.8. The number of hydrogen-bond acceptors (Lipinski definition) is 4. The van der Waals surface area contributed by atoms with Crippen LogP contribution < -0.4 is 10.6 Å². The molecule has 5 nitrogen and oxygen atoms in total. The number of nitrogens with one attached hydrogen (secondary N) is 2. The summed E-state index contributed by atoms with van der Waals surface area (Å²) in [7, 11) is 0. The Balaban J connectivity index is 2.07. The van der Waals surface area contributed by atoms with Crippen LogP contribution in [0.2, 0.25) is 5.15 Å². The van der Waals surface area contributed by atoms with Gasteiger partial charge in [0.15, 0.2) is 0 Å². The van der Waals surface area contributed by atoms with Gasteiger partial charge < -0.3 is 10.6 Å². The molecule has 0 saturated carbocycles. The molecule has 2 N–H and O–H groups in total. The van der Waals surface area contributed by atoms with Crippen molar-refractivity contribution < 1.29 is 0 Å². The molecule has 2 aromatic rings. The van der Waals surface area contributed by atoms with Gasteiger partial charge in [0.1, 0.15) is 16.6 Å². The van der Waals surface area contributed by atoms with E-state index in [0.717, 1.165) is 49.8 Å². The standard InChI is InChI=1S/C20H34ClN5/c1-5-12-22-15-17-20(21)26-18(10-9-11-19(26)24-17)23-13-14-25(8-4)16(6-2)7-3/h9-11,16,22-23H,5-8,12-15H2,1-4H3. The summed E-state index contributed by atoms with van der Waals surface area (Å²) < 4.78 is 2.01. The van der Waals surface area contributed by atoms with Gasteiger partial charge in [-0.15, -0.1) is 0 Å². The first-order valence-electron chi connectivity index (χ1n) is 10.0. The predicted molar refractivity (Wildman–Crippen MR) is 112 cm³/mol. The third kappa shape index (κ3) is 5.12. The molecule has 0 fully saturated rings. The number of rotatable bonds is 12. The normalized spacial score (nSPS) is 11.8. The lowest BCUT2D eigenvalue weighted by Gasteiger charge is -2.29. The maximum absolute atomic E-state index is 6.62. The van der Waals surface area contributed by atoms with E-state index in [9.17, 15) is 0 Å². The Kier molecular flexibility index (Phi) is 8.69. The molecule has 146 valence electrons. The highest BCUT2D eigenvalue weighted by atomic mass is 35.5. The molecule has 6 heteroatoms. The predicted octanol–water partition coefficient (Wildman–Crippen LogP) is 4.41. The first-order valence-corrected chi connectivity index (χ1v) is 10.4. The summed E-state index contributed by atoms with van der Waals surface area (Å²) in [5, 5.41) is 7.62. The van der Waals surface area contributed by atoms with E-state index < -0.39 is 0 Å². The van der Waals surface area contributed by atoms with Gasteiger partial charge in [-0.05, 0) is 44.5 Å². The zero-order valence-electron chi connectivity index (χ0n) is 16.7. The number of imidazole rings is 1. The third-order valence-corrected chi connectivity index (χ3v) is 5.33. The van der Waals surface area contributed by atoms with Crippen molar-refractivity contribution in [2.75, 3.05) is 31.5 Å². The fraction of sp³-hybridized carbons (Fsp3) is 0.650. The Labute approximate surface area is 163 Å². The molecule has 2 aromatic heterocycles. The Bertz CT molecular complexity index is 666. The topological polar surface area (TPSA) is 44.6 Å². The molecule has 0 aliphatic heterocycles. The van der Waals surface area contributed by atoms with Crippen LogP contribution in [0.4, 0.5) is 5.82 Å². The number of aromatic nitrogens is 2. The van der Waals surface area contributed by atoms with E-state index in [1.165, 1.54) is 12.8 Å². The molecular formula is C20H34ClN5. The molecule has 0 unspecified atom stereocenters. The van der Waals surface area contributed by atoms with Crippen LogP contribution in [0, 0.1) is 0 Å². The van der Waals surface area contributed by atoms with Crippen molar-refractivity contribution >= 4 is 23.1 Å². The van der Waals surface area contributed by atoms with E-state index in [1.807, 2.05) is 16.5 Å². The number of nitrogens with zero attached hydrogens (tertiary/aromatic N) is 3. The molecular weight excluding hydrogens is 346 g/mol. The number of anilines is 1. The zero-order chi connectivity index (χ0) is 18.9. The van der Waals surface area contributed by atoms with Crippen LogP contribution >= 0.6 is 11.6 Å². The van der Waals surface area contributed by atoms with E-state index >= 15 is 0 Å². The second-order valence-electron chi connectivity index (χ2n) is 6.66. The summed E-state index contributed by atoms with van der Waals surface area (Å²) in [6, 6.07) is 6.76. The molecule has 0 radical (unpaired) electrons.